The van der Waals surface area contributed by atoms with E-state index < -0.39 is 0 Å². The number of hydrogen-bond acceptors (Lipinski definition) is 4. The number of amides is 1. The Labute approximate surface area is 125 Å². The van der Waals surface area contributed by atoms with E-state index in [-0.39, 0.29) is 11.7 Å². The van der Waals surface area contributed by atoms with Crippen LogP contribution in [0.5, 0.6) is 5.75 Å². The van der Waals surface area contributed by atoms with E-state index in [0.717, 1.165) is 52.4 Å². The van der Waals surface area contributed by atoms with Gasteiger partial charge in [-0.3, -0.25) is 9.69 Å². The fraction of sp³-hybridized carbons (Fsp3) is 0.562. The van der Waals surface area contributed by atoms with Crippen molar-refractivity contribution in [3.05, 3.63) is 29.8 Å². The second-order valence-electron chi connectivity index (χ2n) is 5.84. The molecular weight excluding hydrogens is 268 g/mol. The number of ether oxygens (including phenoxy) is 1. The first-order valence-electron chi connectivity index (χ1n) is 7.61. The van der Waals surface area contributed by atoms with Gasteiger partial charge in [0.1, 0.15) is 5.75 Å². The van der Waals surface area contributed by atoms with E-state index in [0.29, 0.717) is 11.5 Å². The Hall–Kier alpha value is -1.59. The van der Waals surface area contributed by atoms with E-state index >= 15 is 0 Å². The molecule has 2 aliphatic rings. The summed E-state index contributed by atoms with van der Waals surface area (Å²) in [6.07, 6.45) is 1.15. The first kappa shape index (κ1) is 14.4. The molecule has 0 saturated carbocycles. The average molecular weight is 290 g/mol. The summed E-state index contributed by atoms with van der Waals surface area (Å²) < 4.78 is 5.41. The Balaban J connectivity index is 1.53. The molecule has 0 spiro atoms. The van der Waals surface area contributed by atoms with Gasteiger partial charge in [-0.05, 0) is 24.5 Å². The van der Waals surface area contributed by atoms with Gasteiger partial charge >= 0.3 is 0 Å². The molecular formula is C16H22N2O3. The second kappa shape index (κ2) is 6.45. The van der Waals surface area contributed by atoms with Crippen molar-refractivity contribution < 1.29 is 14.6 Å². The van der Waals surface area contributed by atoms with Crippen LogP contribution in [-0.4, -0.2) is 66.8 Å². The first-order valence-corrected chi connectivity index (χ1v) is 7.61. The van der Waals surface area contributed by atoms with Crippen molar-refractivity contribution in [3.63, 3.8) is 0 Å². The number of phenolic OH excluding ortho intramolecular Hbond substituents is 1. The summed E-state index contributed by atoms with van der Waals surface area (Å²) in [7, 11) is 0. The maximum atomic E-state index is 12.4. The normalized spacial score (nSPS) is 23.4. The third-order valence-electron chi connectivity index (χ3n) is 4.33. The predicted octanol–water partition coefficient (Wildman–Crippen LogP) is 1.19. The molecule has 0 unspecified atom stereocenters. The van der Waals surface area contributed by atoms with Gasteiger partial charge in [-0.25, -0.2) is 0 Å². The van der Waals surface area contributed by atoms with Gasteiger partial charge < -0.3 is 14.7 Å². The van der Waals surface area contributed by atoms with Crippen molar-refractivity contribution in [2.75, 3.05) is 45.9 Å². The highest BCUT2D eigenvalue weighted by Crippen LogP contribution is 2.20. The fourth-order valence-electron chi connectivity index (χ4n) is 3.05. The van der Waals surface area contributed by atoms with Crippen LogP contribution in [0.1, 0.15) is 16.8 Å². The molecule has 0 bridgehead atoms. The smallest absolute Gasteiger partial charge is 0.257 e. The molecule has 1 N–H and O–H groups in total. The fourth-order valence-corrected chi connectivity index (χ4v) is 3.05. The largest absolute Gasteiger partial charge is 0.507 e. The number of hydrogen-bond donors (Lipinski definition) is 1. The summed E-state index contributed by atoms with van der Waals surface area (Å²) in [5.41, 5.74) is 0.398. The van der Waals surface area contributed by atoms with Crippen LogP contribution in [0.15, 0.2) is 24.3 Å². The minimum absolute atomic E-state index is 0.0630. The van der Waals surface area contributed by atoms with Crippen molar-refractivity contribution >= 4 is 5.91 Å². The molecule has 1 atom stereocenters. The minimum Gasteiger partial charge on any atom is -0.507 e. The van der Waals surface area contributed by atoms with Crippen LogP contribution in [0.2, 0.25) is 0 Å². The molecule has 0 aliphatic carbocycles. The molecule has 0 radical (unpaired) electrons. The zero-order valence-corrected chi connectivity index (χ0v) is 12.2. The third-order valence-corrected chi connectivity index (χ3v) is 4.33. The molecule has 1 amide bonds. The first-order chi connectivity index (χ1) is 10.2. The van der Waals surface area contributed by atoms with Gasteiger partial charge in [0, 0.05) is 39.3 Å². The number of aromatic hydroxyl groups is 1. The Morgan fingerprint density at radius 3 is 2.67 bits per heavy atom. The van der Waals surface area contributed by atoms with Gasteiger partial charge in [0.05, 0.1) is 12.2 Å². The highest BCUT2D eigenvalue weighted by atomic mass is 16.5. The number of carbonyl (C=O) groups excluding carboxylic acids is 1. The summed E-state index contributed by atoms with van der Waals surface area (Å²) in [5, 5.41) is 9.78. The summed E-state index contributed by atoms with van der Waals surface area (Å²) >= 11 is 0. The van der Waals surface area contributed by atoms with Crippen LogP contribution in [0.4, 0.5) is 0 Å². The molecule has 1 aromatic rings. The SMILES string of the molecule is O=C(c1ccccc1O)N1CCN(C[C@H]2CCOC2)CC1. The van der Waals surface area contributed by atoms with Gasteiger partial charge in [-0.1, -0.05) is 12.1 Å². The average Bonchev–Trinajstić information content (AvgIpc) is 3.01. The number of nitrogens with zero attached hydrogens (tertiary/aromatic N) is 2. The number of phenols is 1. The molecule has 0 aromatic heterocycles. The van der Waals surface area contributed by atoms with Crippen molar-refractivity contribution in [3.8, 4) is 5.75 Å². The van der Waals surface area contributed by atoms with E-state index in [4.69, 9.17) is 4.74 Å². The quantitative estimate of drug-likeness (QED) is 0.908. The van der Waals surface area contributed by atoms with E-state index in [1.54, 1.807) is 24.3 Å². The summed E-state index contributed by atoms with van der Waals surface area (Å²) in [6, 6.07) is 6.75. The highest BCUT2D eigenvalue weighted by molar-refractivity contribution is 5.96. The molecule has 2 fully saturated rings. The minimum atomic E-state index is -0.0723. The lowest BCUT2D eigenvalue weighted by atomic mass is 10.1. The van der Waals surface area contributed by atoms with Crippen LogP contribution in [0.3, 0.4) is 0 Å². The van der Waals surface area contributed by atoms with Crippen LogP contribution >= 0.6 is 0 Å². The van der Waals surface area contributed by atoms with E-state index in [9.17, 15) is 9.90 Å². The summed E-state index contributed by atoms with van der Waals surface area (Å²) in [6.45, 7) is 6.07. The van der Waals surface area contributed by atoms with Gasteiger partial charge in [-0.15, -0.1) is 0 Å². The van der Waals surface area contributed by atoms with Crippen molar-refractivity contribution in [2.45, 2.75) is 6.42 Å². The van der Waals surface area contributed by atoms with E-state index in [1.807, 2.05) is 4.90 Å². The molecule has 5 heteroatoms. The zero-order valence-electron chi connectivity index (χ0n) is 12.2. The van der Waals surface area contributed by atoms with Crippen LogP contribution in [-0.2, 0) is 4.74 Å². The van der Waals surface area contributed by atoms with E-state index in [1.165, 1.54) is 0 Å². The van der Waals surface area contributed by atoms with Gasteiger partial charge in [0.25, 0.3) is 5.91 Å². The molecule has 2 aliphatic heterocycles. The standard InChI is InChI=1S/C16H22N2O3/c19-15-4-2-1-3-14(15)16(20)18-8-6-17(7-9-18)11-13-5-10-21-12-13/h1-4,13,19H,5-12H2/t13-/m1/s1. The zero-order chi connectivity index (χ0) is 14.7. The maximum Gasteiger partial charge on any atom is 0.257 e. The Morgan fingerprint density at radius 1 is 1.24 bits per heavy atom. The Bertz CT molecular complexity index is 492. The summed E-state index contributed by atoms with van der Waals surface area (Å²) in [4.78, 5) is 16.6. The lowest BCUT2D eigenvalue weighted by molar-refractivity contribution is 0.0608. The highest BCUT2D eigenvalue weighted by Gasteiger charge is 2.26. The molecule has 21 heavy (non-hydrogen) atoms. The van der Waals surface area contributed by atoms with Crippen LogP contribution < -0.4 is 0 Å². The van der Waals surface area contributed by atoms with Crippen molar-refractivity contribution in [2.24, 2.45) is 5.92 Å². The molecule has 1 aromatic carbocycles. The predicted molar refractivity (Wildman–Crippen MR) is 79.4 cm³/mol. The van der Waals surface area contributed by atoms with Crippen LogP contribution in [0, 0.1) is 5.92 Å². The van der Waals surface area contributed by atoms with Gasteiger partial charge in [0.2, 0.25) is 0 Å². The van der Waals surface area contributed by atoms with E-state index in [2.05, 4.69) is 4.90 Å². The lowest BCUT2D eigenvalue weighted by Crippen LogP contribution is -2.49. The number of piperazine rings is 1. The summed E-state index contributed by atoms with van der Waals surface area (Å²) in [5.74, 6) is 0.635. The van der Waals surface area contributed by atoms with Gasteiger partial charge in [-0.2, -0.15) is 0 Å². The molecule has 5 nitrogen and oxygen atoms in total. The second-order valence-corrected chi connectivity index (χ2v) is 5.84. The lowest BCUT2D eigenvalue weighted by Gasteiger charge is -2.35. The number of rotatable bonds is 3. The van der Waals surface area contributed by atoms with Crippen molar-refractivity contribution in [1.29, 1.82) is 0 Å². The number of para-hydroxylation sites is 1. The molecule has 2 saturated heterocycles. The number of benzene rings is 1. The number of carbonyl (C=O) groups is 1. The molecule has 3 rings (SSSR count). The topological polar surface area (TPSA) is 53.0 Å². The van der Waals surface area contributed by atoms with Gasteiger partial charge in [0.15, 0.2) is 0 Å². The monoisotopic (exact) mass is 290 g/mol. The molecule has 114 valence electrons. The Morgan fingerprint density at radius 2 is 2.00 bits per heavy atom. The maximum absolute atomic E-state index is 12.4. The third kappa shape index (κ3) is 3.36. The van der Waals surface area contributed by atoms with Crippen molar-refractivity contribution in [1.82, 2.24) is 9.80 Å². The molecule has 2 heterocycles. The Kier molecular flexibility index (Phi) is 4.41. The van der Waals surface area contributed by atoms with Crippen LogP contribution in [0.25, 0.3) is 0 Å².